The molecule has 0 aromatic heterocycles. The Bertz CT molecular complexity index is 1070. The van der Waals surface area contributed by atoms with Crippen LogP contribution in [0.4, 0.5) is 5.69 Å². The molecule has 0 saturated carbocycles. The lowest BCUT2D eigenvalue weighted by Crippen LogP contribution is -2.20. The average molecular weight is 438 g/mol. The summed E-state index contributed by atoms with van der Waals surface area (Å²) in [7, 11) is 1.54. The van der Waals surface area contributed by atoms with Gasteiger partial charge in [-0.15, -0.1) is 0 Å². The third-order valence-electron chi connectivity index (χ3n) is 4.12. The number of carbonyl (C=O) groups excluding carboxylic acids is 2. The van der Waals surface area contributed by atoms with Crippen LogP contribution in [0, 0.1) is 0 Å². The lowest BCUT2D eigenvalue weighted by atomic mass is 10.2. The maximum Gasteiger partial charge on any atom is 0.271 e. The Kier molecular flexibility index (Phi) is 7.61. The first-order chi connectivity index (χ1) is 15.0. The highest BCUT2D eigenvalue weighted by Gasteiger charge is 2.08. The molecule has 2 amide bonds. The van der Waals surface area contributed by atoms with Crippen LogP contribution in [0.25, 0.3) is 0 Å². The van der Waals surface area contributed by atoms with Crippen LogP contribution in [0.5, 0.6) is 11.5 Å². The second-order valence-electron chi connectivity index (χ2n) is 6.31. The lowest BCUT2D eigenvalue weighted by molar-refractivity contribution is -0.118. The number of amides is 2. The maximum absolute atomic E-state index is 12.1. The minimum atomic E-state index is -0.339. The predicted molar refractivity (Wildman–Crippen MR) is 120 cm³/mol. The number of halogens is 1. The van der Waals surface area contributed by atoms with E-state index in [0.717, 1.165) is 5.56 Å². The third-order valence-corrected chi connectivity index (χ3v) is 4.37. The van der Waals surface area contributed by atoms with Crippen LogP contribution in [-0.2, 0) is 4.79 Å². The zero-order valence-electron chi connectivity index (χ0n) is 16.7. The number of benzene rings is 3. The SMILES string of the molecule is COc1ccccc1NC(=O)COc1ccc(/C=N/NC(=O)c2ccc(Cl)cc2)cc1. The summed E-state index contributed by atoms with van der Waals surface area (Å²) in [4.78, 5) is 24.1. The molecule has 0 aliphatic heterocycles. The first-order valence-corrected chi connectivity index (χ1v) is 9.67. The van der Waals surface area contributed by atoms with Gasteiger partial charge in [-0.1, -0.05) is 23.7 Å². The molecule has 0 bridgehead atoms. The Morgan fingerprint density at radius 2 is 1.71 bits per heavy atom. The number of hydrogen-bond acceptors (Lipinski definition) is 5. The Balaban J connectivity index is 1.47. The van der Waals surface area contributed by atoms with Gasteiger partial charge in [-0.3, -0.25) is 9.59 Å². The van der Waals surface area contributed by atoms with Crippen molar-refractivity contribution < 1.29 is 19.1 Å². The largest absolute Gasteiger partial charge is 0.495 e. The Hall–Kier alpha value is -3.84. The summed E-state index contributed by atoms with van der Waals surface area (Å²) < 4.78 is 10.7. The summed E-state index contributed by atoms with van der Waals surface area (Å²) in [6, 6.07) is 20.5. The molecule has 0 radical (unpaired) electrons. The molecule has 31 heavy (non-hydrogen) atoms. The van der Waals surface area contributed by atoms with Gasteiger partial charge in [0.15, 0.2) is 6.61 Å². The summed E-state index contributed by atoms with van der Waals surface area (Å²) in [5, 5.41) is 7.23. The van der Waals surface area contributed by atoms with Gasteiger partial charge in [-0.05, 0) is 66.2 Å². The van der Waals surface area contributed by atoms with Crippen molar-refractivity contribution in [1.82, 2.24) is 5.43 Å². The Morgan fingerprint density at radius 3 is 2.42 bits per heavy atom. The van der Waals surface area contributed by atoms with Gasteiger partial charge in [0, 0.05) is 10.6 Å². The number of rotatable bonds is 8. The van der Waals surface area contributed by atoms with Gasteiger partial charge in [0.05, 0.1) is 19.0 Å². The van der Waals surface area contributed by atoms with E-state index in [1.807, 2.05) is 6.07 Å². The van der Waals surface area contributed by atoms with E-state index in [2.05, 4.69) is 15.8 Å². The average Bonchev–Trinajstić information content (AvgIpc) is 2.79. The number of ether oxygens (including phenoxy) is 2. The molecule has 0 saturated heterocycles. The van der Waals surface area contributed by atoms with Crippen molar-refractivity contribution in [1.29, 1.82) is 0 Å². The third kappa shape index (κ3) is 6.58. The normalized spacial score (nSPS) is 10.5. The molecule has 158 valence electrons. The minimum Gasteiger partial charge on any atom is -0.495 e. The fourth-order valence-electron chi connectivity index (χ4n) is 2.56. The smallest absolute Gasteiger partial charge is 0.271 e. The predicted octanol–water partition coefficient (Wildman–Crippen LogP) is 4.13. The van der Waals surface area contributed by atoms with Crippen molar-refractivity contribution in [3.63, 3.8) is 0 Å². The summed E-state index contributed by atoms with van der Waals surface area (Å²) in [6.07, 6.45) is 1.51. The van der Waals surface area contributed by atoms with Crippen LogP contribution in [-0.4, -0.2) is 31.7 Å². The summed E-state index contributed by atoms with van der Waals surface area (Å²) >= 11 is 5.80. The van der Waals surface area contributed by atoms with E-state index in [9.17, 15) is 9.59 Å². The van der Waals surface area contributed by atoms with Gasteiger partial charge in [-0.25, -0.2) is 5.43 Å². The van der Waals surface area contributed by atoms with E-state index in [0.29, 0.717) is 27.8 Å². The standard InChI is InChI=1S/C23H20ClN3O4/c1-30-21-5-3-2-4-20(21)26-22(28)15-31-19-12-6-16(7-13-19)14-25-27-23(29)17-8-10-18(24)11-9-17/h2-14H,15H2,1H3,(H,26,28)(H,27,29)/b25-14+. The number of nitrogens with zero attached hydrogens (tertiary/aromatic N) is 1. The number of hydrogen-bond donors (Lipinski definition) is 2. The van der Waals surface area contributed by atoms with Crippen molar-refractivity contribution in [3.05, 3.63) is 88.9 Å². The van der Waals surface area contributed by atoms with Crippen LogP contribution < -0.4 is 20.2 Å². The van der Waals surface area contributed by atoms with E-state index in [1.165, 1.54) is 13.3 Å². The van der Waals surface area contributed by atoms with Gasteiger partial charge >= 0.3 is 0 Å². The van der Waals surface area contributed by atoms with Crippen molar-refractivity contribution in [2.75, 3.05) is 19.0 Å². The lowest BCUT2D eigenvalue weighted by Gasteiger charge is -2.10. The molecule has 0 heterocycles. The molecule has 0 aliphatic rings. The number of para-hydroxylation sites is 2. The van der Waals surface area contributed by atoms with E-state index >= 15 is 0 Å². The molecule has 8 heteroatoms. The number of carbonyl (C=O) groups is 2. The van der Waals surface area contributed by atoms with Crippen molar-refractivity contribution in [2.45, 2.75) is 0 Å². The van der Waals surface area contributed by atoms with Gasteiger partial charge in [0.25, 0.3) is 11.8 Å². The molecule has 3 aromatic rings. The first-order valence-electron chi connectivity index (χ1n) is 9.30. The highest BCUT2D eigenvalue weighted by Crippen LogP contribution is 2.22. The maximum atomic E-state index is 12.1. The topological polar surface area (TPSA) is 89.0 Å². The van der Waals surface area contributed by atoms with Crippen molar-refractivity contribution in [2.24, 2.45) is 5.10 Å². The van der Waals surface area contributed by atoms with Gasteiger partial charge in [-0.2, -0.15) is 5.10 Å². The van der Waals surface area contributed by atoms with Crippen LogP contribution in [0.1, 0.15) is 15.9 Å². The number of anilines is 1. The van der Waals surface area contributed by atoms with Gasteiger partial charge < -0.3 is 14.8 Å². The molecule has 2 N–H and O–H groups in total. The molecule has 0 unspecified atom stereocenters. The van der Waals surface area contributed by atoms with E-state index < -0.39 is 0 Å². The molecular weight excluding hydrogens is 418 g/mol. The fraction of sp³-hybridized carbons (Fsp3) is 0.0870. The molecule has 3 aromatic carbocycles. The molecule has 0 fully saturated rings. The monoisotopic (exact) mass is 437 g/mol. The number of hydrazone groups is 1. The van der Waals surface area contributed by atoms with E-state index in [1.54, 1.807) is 66.7 Å². The summed E-state index contributed by atoms with van der Waals surface area (Å²) in [6.45, 7) is -0.150. The van der Waals surface area contributed by atoms with E-state index in [-0.39, 0.29) is 18.4 Å². The van der Waals surface area contributed by atoms with Crippen molar-refractivity contribution >= 4 is 35.3 Å². The van der Waals surface area contributed by atoms with Crippen molar-refractivity contribution in [3.8, 4) is 11.5 Å². The van der Waals surface area contributed by atoms with E-state index in [4.69, 9.17) is 21.1 Å². The molecule has 3 rings (SSSR count). The minimum absolute atomic E-state index is 0.150. The van der Waals surface area contributed by atoms with Gasteiger partial charge in [0.2, 0.25) is 0 Å². The van der Waals surface area contributed by atoms with Crippen LogP contribution >= 0.6 is 11.6 Å². The zero-order chi connectivity index (χ0) is 22.1. The summed E-state index contributed by atoms with van der Waals surface area (Å²) in [5.41, 5.74) is 4.23. The first kappa shape index (κ1) is 21.9. The second-order valence-corrected chi connectivity index (χ2v) is 6.75. The molecule has 0 atom stereocenters. The molecule has 0 spiro atoms. The molecule has 0 aliphatic carbocycles. The fourth-order valence-corrected chi connectivity index (χ4v) is 2.69. The Labute approximate surface area is 184 Å². The Morgan fingerprint density at radius 1 is 1.00 bits per heavy atom. The zero-order valence-corrected chi connectivity index (χ0v) is 17.4. The quantitative estimate of drug-likeness (QED) is 0.409. The van der Waals surface area contributed by atoms with Gasteiger partial charge in [0.1, 0.15) is 11.5 Å². The van der Waals surface area contributed by atoms with Crippen LogP contribution in [0.3, 0.4) is 0 Å². The highest BCUT2D eigenvalue weighted by atomic mass is 35.5. The van der Waals surface area contributed by atoms with Crippen LogP contribution in [0.15, 0.2) is 77.9 Å². The highest BCUT2D eigenvalue weighted by molar-refractivity contribution is 6.30. The molecular formula is C23H20ClN3O4. The molecule has 7 nitrogen and oxygen atoms in total. The number of nitrogens with one attached hydrogen (secondary N) is 2. The second kappa shape index (κ2) is 10.8. The van der Waals surface area contributed by atoms with Crippen LogP contribution in [0.2, 0.25) is 5.02 Å². The summed E-state index contributed by atoms with van der Waals surface area (Å²) in [5.74, 6) is 0.453. The number of methoxy groups -OCH3 is 1.